The molecule has 2 rings (SSSR count). The summed E-state index contributed by atoms with van der Waals surface area (Å²) < 4.78 is 10.0. The zero-order valence-corrected chi connectivity index (χ0v) is 14.1. The fourth-order valence-electron chi connectivity index (χ4n) is 2.45. The first-order valence-electron chi connectivity index (χ1n) is 7.86. The van der Waals surface area contributed by atoms with Crippen LogP contribution in [-0.4, -0.2) is 22.2 Å². The fraction of sp³-hybridized carbons (Fsp3) is 0.263. The Bertz CT molecular complexity index is 781. The van der Waals surface area contributed by atoms with E-state index in [-0.39, 0.29) is 11.5 Å². The maximum Gasteiger partial charge on any atom is 0.308 e. The van der Waals surface area contributed by atoms with Crippen molar-refractivity contribution in [3.63, 3.8) is 0 Å². The highest BCUT2D eigenvalue weighted by atomic mass is 16.5. The number of hydrogen-bond acceptors (Lipinski definition) is 6. The quantitative estimate of drug-likeness (QED) is 0.618. The SMILES string of the molecule is CC(=O)Oc1ccc(CCCc2ccc(O)cc2OC(C)=O)c(O)c1. The van der Waals surface area contributed by atoms with Crippen molar-refractivity contribution in [2.45, 2.75) is 33.1 Å². The van der Waals surface area contributed by atoms with Gasteiger partial charge in [0.05, 0.1) is 0 Å². The summed E-state index contributed by atoms with van der Waals surface area (Å²) in [7, 11) is 0. The van der Waals surface area contributed by atoms with Crippen LogP contribution in [0.5, 0.6) is 23.0 Å². The van der Waals surface area contributed by atoms with Crippen LogP contribution in [0.1, 0.15) is 31.4 Å². The van der Waals surface area contributed by atoms with E-state index in [1.165, 1.54) is 32.0 Å². The number of aryl methyl sites for hydroxylation is 2. The molecule has 0 spiro atoms. The van der Waals surface area contributed by atoms with Crippen LogP contribution in [0.25, 0.3) is 0 Å². The number of carbonyl (C=O) groups excluding carboxylic acids is 2. The van der Waals surface area contributed by atoms with E-state index in [1.807, 2.05) is 0 Å². The van der Waals surface area contributed by atoms with Crippen LogP contribution in [0.2, 0.25) is 0 Å². The molecule has 2 N–H and O–H groups in total. The molecular formula is C19H20O6. The van der Waals surface area contributed by atoms with Crippen molar-refractivity contribution >= 4 is 11.9 Å². The maximum atomic E-state index is 11.2. The number of ether oxygens (including phenoxy) is 2. The standard InChI is InChI=1S/C19H20O6/c1-12(20)24-17-9-7-14(18(23)11-17)4-3-5-15-6-8-16(22)10-19(15)25-13(2)21/h6-11,22-23H,3-5H2,1-2H3. The van der Waals surface area contributed by atoms with Gasteiger partial charge in [-0.2, -0.15) is 0 Å². The Morgan fingerprint density at radius 3 is 2.16 bits per heavy atom. The van der Waals surface area contributed by atoms with Gasteiger partial charge in [0.25, 0.3) is 0 Å². The number of esters is 2. The van der Waals surface area contributed by atoms with Gasteiger partial charge < -0.3 is 19.7 Å². The number of phenols is 2. The fourth-order valence-corrected chi connectivity index (χ4v) is 2.45. The van der Waals surface area contributed by atoms with Crippen LogP contribution < -0.4 is 9.47 Å². The summed E-state index contributed by atoms with van der Waals surface area (Å²) in [5, 5.41) is 19.5. The largest absolute Gasteiger partial charge is 0.508 e. The molecule has 0 aliphatic rings. The van der Waals surface area contributed by atoms with Gasteiger partial charge in [-0.25, -0.2) is 0 Å². The van der Waals surface area contributed by atoms with Gasteiger partial charge in [0.1, 0.15) is 23.0 Å². The molecule has 2 aromatic rings. The third-order valence-electron chi connectivity index (χ3n) is 3.52. The number of phenolic OH excluding ortho intramolecular Hbond substituents is 2. The summed E-state index contributed by atoms with van der Waals surface area (Å²) in [4.78, 5) is 22.1. The molecule has 0 radical (unpaired) electrons. The molecule has 0 aliphatic carbocycles. The molecule has 6 heteroatoms. The molecule has 0 atom stereocenters. The number of carbonyl (C=O) groups is 2. The van der Waals surface area contributed by atoms with Crippen LogP contribution in [0.4, 0.5) is 0 Å². The van der Waals surface area contributed by atoms with Gasteiger partial charge in [0.15, 0.2) is 0 Å². The third-order valence-corrected chi connectivity index (χ3v) is 3.52. The molecule has 0 aliphatic heterocycles. The van der Waals surface area contributed by atoms with Gasteiger partial charge in [0, 0.05) is 26.0 Å². The van der Waals surface area contributed by atoms with Crippen LogP contribution in [0.15, 0.2) is 36.4 Å². The van der Waals surface area contributed by atoms with Crippen molar-refractivity contribution < 1.29 is 29.3 Å². The van der Waals surface area contributed by atoms with Crippen LogP contribution in [0, 0.1) is 0 Å². The monoisotopic (exact) mass is 344 g/mol. The second-order valence-electron chi connectivity index (χ2n) is 5.62. The minimum absolute atomic E-state index is 0.0266. The predicted molar refractivity (Wildman–Crippen MR) is 90.9 cm³/mol. The molecule has 2 aromatic carbocycles. The molecule has 6 nitrogen and oxygen atoms in total. The van der Waals surface area contributed by atoms with Gasteiger partial charge in [0.2, 0.25) is 0 Å². The van der Waals surface area contributed by atoms with E-state index in [9.17, 15) is 19.8 Å². The van der Waals surface area contributed by atoms with Crippen molar-refractivity contribution in [1.82, 2.24) is 0 Å². The molecule has 0 aromatic heterocycles. The molecule has 0 unspecified atom stereocenters. The Balaban J connectivity index is 2.01. The Labute approximate surface area is 145 Å². The molecular weight excluding hydrogens is 324 g/mol. The lowest BCUT2D eigenvalue weighted by Crippen LogP contribution is -2.04. The van der Waals surface area contributed by atoms with Crippen molar-refractivity contribution in [2.75, 3.05) is 0 Å². The molecule has 0 amide bonds. The van der Waals surface area contributed by atoms with Gasteiger partial charge in [-0.1, -0.05) is 12.1 Å². The predicted octanol–water partition coefficient (Wildman–Crippen LogP) is 3.12. The molecule has 0 saturated heterocycles. The summed E-state index contributed by atoms with van der Waals surface area (Å²) in [6.07, 6.45) is 1.89. The van der Waals surface area contributed by atoms with Gasteiger partial charge in [-0.05, 0) is 42.5 Å². The highest BCUT2D eigenvalue weighted by Gasteiger charge is 2.09. The lowest BCUT2D eigenvalue weighted by atomic mass is 10.0. The number of hydrogen-bond donors (Lipinski definition) is 2. The van der Waals surface area contributed by atoms with E-state index in [4.69, 9.17) is 9.47 Å². The maximum absolute atomic E-state index is 11.2. The minimum Gasteiger partial charge on any atom is -0.508 e. The Hall–Kier alpha value is -3.02. The van der Waals surface area contributed by atoms with Crippen LogP contribution in [-0.2, 0) is 22.4 Å². The zero-order chi connectivity index (χ0) is 18.4. The first-order chi connectivity index (χ1) is 11.8. The van der Waals surface area contributed by atoms with Crippen molar-refractivity contribution in [2.24, 2.45) is 0 Å². The summed E-state index contributed by atoms with van der Waals surface area (Å²) in [5.41, 5.74) is 1.52. The number of rotatable bonds is 6. The average molecular weight is 344 g/mol. The van der Waals surface area contributed by atoms with E-state index >= 15 is 0 Å². The molecule has 132 valence electrons. The first-order valence-corrected chi connectivity index (χ1v) is 7.86. The van der Waals surface area contributed by atoms with Crippen molar-refractivity contribution in [3.05, 3.63) is 47.5 Å². The third kappa shape index (κ3) is 5.53. The summed E-state index contributed by atoms with van der Waals surface area (Å²) in [6, 6.07) is 9.38. The highest BCUT2D eigenvalue weighted by molar-refractivity contribution is 5.70. The lowest BCUT2D eigenvalue weighted by molar-refractivity contribution is -0.132. The van der Waals surface area contributed by atoms with Gasteiger partial charge in [-0.15, -0.1) is 0 Å². The molecule has 0 saturated carbocycles. The Kier molecular flexibility index (Phi) is 6.00. The smallest absolute Gasteiger partial charge is 0.308 e. The average Bonchev–Trinajstić information content (AvgIpc) is 2.50. The second kappa shape index (κ2) is 8.19. The first kappa shape index (κ1) is 18.3. The van der Waals surface area contributed by atoms with Gasteiger partial charge >= 0.3 is 11.9 Å². The second-order valence-corrected chi connectivity index (χ2v) is 5.62. The van der Waals surface area contributed by atoms with Crippen molar-refractivity contribution in [1.29, 1.82) is 0 Å². The molecule has 0 bridgehead atoms. The number of aromatic hydroxyl groups is 2. The summed E-state index contributed by atoms with van der Waals surface area (Å²) >= 11 is 0. The highest BCUT2D eigenvalue weighted by Crippen LogP contribution is 2.28. The number of benzene rings is 2. The van der Waals surface area contributed by atoms with E-state index in [0.717, 1.165) is 11.1 Å². The van der Waals surface area contributed by atoms with E-state index in [1.54, 1.807) is 18.2 Å². The molecule has 0 fully saturated rings. The van der Waals surface area contributed by atoms with Gasteiger partial charge in [-0.3, -0.25) is 9.59 Å². The van der Waals surface area contributed by atoms with E-state index in [0.29, 0.717) is 30.8 Å². The zero-order valence-electron chi connectivity index (χ0n) is 14.1. The Morgan fingerprint density at radius 2 is 1.52 bits per heavy atom. The van der Waals surface area contributed by atoms with E-state index < -0.39 is 11.9 Å². The lowest BCUT2D eigenvalue weighted by Gasteiger charge is -2.10. The summed E-state index contributed by atoms with van der Waals surface area (Å²) in [6.45, 7) is 2.60. The molecule has 0 heterocycles. The van der Waals surface area contributed by atoms with Crippen molar-refractivity contribution in [3.8, 4) is 23.0 Å². The van der Waals surface area contributed by atoms with Crippen LogP contribution in [0.3, 0.4) is 0 Å². The van der Waals surface area contributed by atoms with Crippen LogP contribution >= 0.6 is 0 Å². The minimum atomic E-state index is -0.453. The Morgan fingerprint density at radius 1 is 0.880 bits per heavy atom. The topological polar surface area (TPSA) is 93.1 Å². The normalized spacial score (nSPS) is 10.3. The van der Waals surface area contributed by atoms with E-state index in [2.05, 4.69) is 0 Å². The summed E-state index contributed by atoms with van der Waals surface area (Å²) in [5.74, 6) is -0.183. The molecule has 25 heavy (non-hydrogen) atoms.